The highest BCUT2D eigenvalue weighted by Crippen LogP contribution is 2.32. The van der Waals surface area contributed by atoms with Crippen molar-refractivity contribution in [2.45, 2.75) is 6.42 Å². The van der Waals surface area contributed by atoms with E-state index in [1.807, 2.05) is 0 Å². The molecular formula is C7H14N2S2. The third-order valence-electron chi connectivity index (χ3n) is 2.76. The number of rotatable bonds is 0. The van der Waals surface area contributed by atoms with Gasteiger partial charge >= 0.3 is 0 Å². The third-order valence-corrected chi connectivity index (χ3v) is 3.45. The standard InChI is InChI=1S/C7H14N2S2/c10-8-2-1-6-3-9(11)5-7(6)4-8/h6-7,10-11H,1-5H2. The van der Waals surface area contributed by atoms with Crippen molar-refractivity contribution in [2.24, 2.45) is 11.8 Å². The van der Waals surface area contributed by atoms with E-state index in [4.69, 9.17) is 0 Å². The van der Waals surface area contributed by atoms with Gasteiger partial charge in [-0.15, -0.1) is 0 Å². The van der Waals surface area contributed by atoms with Gasteiger partial charge in [0.15, 0.2) is 0 Å². The van der Waals surface area contributed by atoms with Crippen molar-refractivity contribution < 1.29 is 0 Å². The van der Waals surface area contributed by atoms with Gasteiger partial charge < -0.3 is 0 Å². The summed E-state index contributed by atoms with van der Waals surface area (Å²) in [5.74, 6) is 1.70. The molecule has 0 saturated carbocycles. The summed E-state index contributed by atoms with van der Waals surface area (Å²) >= 11 is 8.73. The van der Waals surface area contributed by atoms with Gasteiger partial charge in [-0.3, -0.25) is 8.61 Å². The van der Waals surface area contributed by atoms with E-state index in [0.29, 0.717) is 0 Å². The molecule has 2 aliphatic heterocycles. The van der Waals surface area contributed by atoms with Crippen LogP contribution in [-0.4, -0.2) is 34.8 Å². The lowest BCUT2D eigenvalue weighted by atomic mass is 9.90. The molecule has 2 fully saturated rings. The number of fused-ring (bicyclic) bond motifs is 1. The van der Waals surface area contributed by atoms with Gasteiger partial charge in [0.1, 0.15) is 0 Å². The highest BCUT2D eigenvalue weighted by atomic mass is 32.1. The van der Waals surface area contributed by atoms with Crippen LogP contribution in [0.2, 0.25) is 0 Å². The minimum atomic E-state index is 0.818. The zero-order chi connectivity index (χ0) is 7.84. The van der Waals surface area contributed by atoms with Crippen LogP contribution in [0.1, 0.15) is 6.42 Å². The van der Waals surface area contributed by atoms with E-state index >= 15 is 0 Å². The Morgan fingerprint density at radius 2 is 1.55 bits per heavy atom. The molecule has 0 spiro atoms. The third kappa shape index (κ3) is 1.69. The average molecular weight is 190 g/mol. The monoisotopic (exact) mass is 190 g/mol. The van der Waals surface area contributed by atoms with Gasteiger partial charge in [0.25, 0.3) is 0 Å². The zero-order valence-electron chi connectivity index (χ0n) is 6.48. The molecule has 2 unspecified atom stereocenters. The largest absolute Gasteiger partial charge is 0.253 e. The second kappa shape index (κ2) is 3.17. The minimum Gasteiger partial charge on any atom is -0.253 e. The first-order valence-corrected chi connectivity index (χ1v) is 4.93. The van der Waals surface area contributed by atoms with Crippen LogP contribution >= 0.6 is 25.6 Å². The second-order valence-electron chi connectivity index (χ2n) is 3.59. The fraction of sp³-hybridized carbons (Fsp3) is 1.00. The average Bonchev–Trinajstić information content (AvgIpc) is 2.27. The van der Waals surface area contributed by atoms with E-state index < -0.39 is 0 Å². The summed E-state index contributed by atoms with van der Waals surface area (Å²) in [5.41, 5.74) is 0. The van der Waals surface area contributed by atoms with E-state index in [1.165, 1.54) is 13.0 Å². The van der Waals surface area contributed by atoms with Crippen molar-refractivity contribution in [3.05, 3.63) is 0 Å². The van der Waals surface area contributed by atoms with Gasteiger partial charge in [-0.2, -0.15) is 0 Å². The lowest BCUT2D eigenvalue weighted by Crippen LogP contribution is -2.34. The van der Waals surface area contributed by atoms with Crippen molar-refractivity contribution in [1.29, 1.82) is 0 Å². The number of hydrogen-bond acceptors (Lipinski definition) is 4. The predicted molar refractivity (Wildman–Crippen MR) is 52.7 cm³/mol. The van der Waals surface area contributed by atoms with Crippen LogP contribution in [0, 0.1) is 11.8 Å². The molecule has 64 valence electrons. The Kier molecular flexibility index (Phi) is 2.37. The highest BCUT2D eigenvalue weighted by molar-refractivity contribution is 7.77. The van der Waals surface area contributed by atoms with Gasteiger partial charge in [-0.25, -0.2) is 0 Å². The van der Waals surface area contributed by atoms with E-state index in [1.54, 1.807) is 0 Å². The lowest BCUT2D eigenvalue weighted by molar-refractivity contribution is 0.244. The Morgan fingerprint density at radius 1 is 0.909 bits per heavy atom. The van der Waals surface area contributed by atoms with Crippen molar-refractivity contribution in [1.82, 2.24) is 8.61 Å². The molecule has 2 atom stereocenters. The minimum absolute atomic E-state index is 0.818. The molecule has 2 heterocycles. The number of thiol groups is 2. The van der Waals surface area contributed by atoms with Gasteiger partial charge in [-0.1, -0.05) is 25.6 Å². The van der Waals surface area contributed by atoms with Crippen LogP contribution in [-0.2, 0) is 0 Å². The summed E-state index contributed by atoms with van der Waals surface area (Å²) in [6.45, 7) is 4.61. The Bertz CT molecular complexity index is 153. The molecule has 0 aromatic carbocycles. The Hall–Kier alpha value is 0.620. The zero-order valence-corrected chi connectivity index (χ0v) is 8.27. The van der Waals surface area contributed by atoms with Crippen molar-refractivity contribution in [3.63, 3.8) is 0 Å². The molecule has 0 N–H and O–H groups in total. The normalized spacial score (nSPS) is 40.9. The molecule has 0 amide bonds. The summed E-state index contributed by atoms with van der Waals surface area (Å²) in [5, 5.41) is 0. The summed E-state index contributed by atoms with van der Waals surface area (Å²) in [4.78, 5) is 0. The molecule has 4 heteroatoms. The molecular weight excluding hydrogens is 176 g/mol. The molecule has 11 heavy (non-hydrogen) atoms. The molecule has 0 aromatic heterocycles. The fourth-order valence-electron chi connectivity index (χ4n) is 2.12. The summed E-state index contributed by atoms with van der Waals surface area (Å²) in [7, 11) is 0. The Labute approximate surface area is 79.0 Å². The molecule has 2 nitrogen and oxygen atoms in total. The van der Waals surface area contributed by atoms with Crippen molar-refractivity contribution >= 4 is 25.6 Å². The fourth-order valence-corrected chi connectivity index (χ4v) is 2.87. The highest BCUT2D eigenvalue weighted by Gasteiger charge is 2.35. The number of nitrogens with zero attached hydrogens (tertiary/aromatic N) is 2. The lowest BCUT2D eigenvalue weighted by Gasteiger charge is -2.30. The van der Waals surface area contributed by atoms with Crippen LogP contribution < -0.4 is 0 Å². The Balaban J connectivity index is 1.97. The molecule has 2 rings (SSSR count). The van der Waals surface area contributed by atoms with E-state index in [2.05, 4.69) is 34.2 Å². The predicted octanol–water partition coefficient (Wildman–Crippen LogP) is 0.930. The van der Waals surface area contributed by atoms with Crippen molar-refractivity contribution in [2.75, 3.05) is 26.2 Å². The molecule has 0 aliphatic carbocycles. The first-order chi connectivity index (χ1) is 5.25. The first-order valence-electron chi connectivity index (χ1n) is 4.13. The van der Waals surface area contributed by atoms with Crippen LogP contribution in [0.5, 0.6) is 0 Å². The van der Waals surface area contributed by atoms with Gasteiger partial charge in [0, 0.05) is 26.2 Å². The van der Waals surface area contributed by atoms with Crippen LogP contribution in [0.4, 0.5) is 0 Å². The summed E-state index contributed by atoms with van der Waals surface area (Å²) < 4.78 is 4.27. The maximum absolute atomic E-state index is 4.37. The van der Waals surface area contributed by atoms with Crippen LogP contribution in [0.25, 0.3) is 0 Å². The topological polar surface area (TPSA) is 6.48 Å². The van der Waals surface area contributed by atoms with Gasteiger partial charge in [-0.05, 0) is 18.3 Å². The maximum atomic E-state index is 4.37. The van der Waals surface area contributed by atoms with Gasteiger partial charge in [0.05, 0.1) is 0 Å². The Morgan fingerprint density at radius 3 is 2.36 bits per heavy atom. The molecule has 0 bridgehead atoms. The molecule has 2 saturated heterocycles. The summed E-state index contributed by atoms with van der Waals surface area (Å²) in [6.07, 6.45) is 1.30. The van der Waals surface area contributed by atoms with Gasteiger partial charge in [0.2, 0.25) is 0 Å². The number of piperidine rings is 1. The maximum Gasteiger partial charge on any atom is 0.0131 e. The molecule has 0 radical (unpaired) electrons. The van der Waals surface area contributed by atoms with Crippen LogP contribution in [0.3, 0.4) is 0 Å². The van der Waals surface area contributed by atoms with Crippen LogP contribution in [0.15, 0.2) is 0 Å². The van der Waals surface area contributed by atoms with E-state index in [-0.39, 0.29) is 0 Å². The quantitative estimate of drug-likeness (QED) is 0.549. The SMILES string of the molecule is SN1CCC2CN(S)CC2C1. The first kappa shape index (κ1) is 8.23. The molecule has 2 aliphatic rings. The second-order valence-corrected chi connectivity index (χ2v) is 4.72. The summed E-state index contributed by atoms with van der Waals surface area (Å²) in [6, 6.07) is 0. The molecule has 0 aromatic rings. The smallest absolute Gasteiger partial charge is 0.0131 e. The number of hydrogen-bond donors (Lipinski definition) is 2. The van der Waals surface area contributed by atoms with Crippen molar-refractivity contribution in [3.8, 4) is 0 Å². The van der Waals surface area contributed by atoms with E-state index in [9.17, 15) is 0 Å². The van der Waals surface area contributed by atoms with E-state index in [0.717, 1.165) is 31.5 Å².